The number of aromatic nitrogens is 3. The fraction of sp³-hybridized carbons (Fsp3) is 0.143. The molecule has 0 aliphatic carbocycles. The van der Waals surface area contributed by atoms with Crippen molar-refractivity contribution in [3.05, 3.63) is 22.1 Å². The van der Waals surface area contributed by atoms with Gasteiger partial charge in [-0.25, -0.2) is 0 Å². The molecule has 0 aromatic carbocycles. The number of anilines is 1. The van der Waals surface area contributed by atoms with Crippen LogP contribution in [0, 0.1) is 0 Å². The molecule has 0 radical (unpaired) electrons. The van der Waals surface area contributed by atoms with Crippen LogP contribution in [0.5, 0.6) is 0 Å². The van der Waals surface area contributed by atoms with Gasteiger partial charge in [0.05, 0.1) is 12.0 Å². The summed E-state index contributed by atoms with van der Waals surface area (Å²) in [4.78, 5) is 20.2. The highest BCUT2D eigenvalue weighted by atomic mass is 16.3. The summed E-state index contributed by atoms with van der Waals surface area (Å²) in [6, 6.07) is 1.54. The Kier molecular flexibility index (Phi) is 1.56. The molecule has 0 amide bonds. The third-order valence-corrected chi connectivity index (χ3v) is 1.74. The molecule has 0 atom stereocenters. The van der Waals surface area contributed by atoms with Gasteiger partial charge in [0.2, 0.25) is 5.95 Å². The number of hydrogen-bond donors (Lipinski definition) is 4. The maximum absolute atomic E-state index is 11.3. The lowest BCUT2D eigenvalue weighted by Crippen LogP contribution is -2.09. The van der Waals surface area contributed by atoms with Gasteiger partial charge in [0.1, 0.15) is 5.65 Å². The molecule has 0 saturated carbocycles. The Hall–Kier alpha value is -1.82. The summed E-state index contributed by atoms with van der Waals surface area (Å²) in [6.45, 7) is -0.157. The molecule has 6 nitrogen and oxygen atoms in total. The van der Waals surface area contributed by atoms with Crippen molar-refractivity contribution < 1.29 is 5.11 Å². The van der Waals surface area contributed by atoms with E-state index in [1.165, 1.54) is 0 Å². The van der Waals surface area contributed by atoms with E-state index in [1.54, 1.807) is 6.07 Å². The molecular formula is C7H8N4O2. The number of aromatic amines is 2. The SMILES string of the molecule is Nc1nc2[nH]c(CO)cc2c(=O)[nH]1. The average molecular weight is 180 g/mol. The van der Waals surface area contributed by atoms with Crippen molar-refractivity contribution in [1.82, 2.24) is 15.0 Å². The maximum atomic E-state index is 11.3. The van der Waals surface area contributed by atoms with Crippen LogP contribution < -0.4 is 11.3 Å². The predicted octanol–water partition coefficient (Wildman–Crippen LogP) is -0.674. The van der Waals surface area contributed by atoms with Gasteiger partial charge in [-0.2, -0.15) is 4.98 Å². The molecule has 2 aromatic rings. The lowest BCUT2D eigenvalue weighted by Gasteiger charge is -1.90. The van der Waals surface area contributed by atoms with Crippen LogP contribution in [0.3, 0.4) is 0 Å². The molecular weight excluding hydrogens is 172 g/mol. The van der Waals surface area contributed by atoms with Gasteiger partial charge in [-0.15, -0.1) is 0 Å². The minimum absolute atomic E-state index is 0.0591. The van der Waals surface area contributed by atoms with Crippen molar-refractivity contribution in [3.63, 3.8) is 0 Å². The molecule has 2 heterocycles. The van der Waals surface area contributed by atoms with Crippen molar-refractivity contribution in [2.45, 2.75) is 6.61 Å². The summed E-state index contributed by atoms with van der Waals surface area (Å²) in [6.07, 6.45) is 0. The van der Waals surface area contributed by atoms with Gasteiger partial charge in [-0.1, -0.05) is 0 Å². The number of aliphatic hydroxyl groups excluding tert-OH is 1. The number of nitrogens with zero attached hydrogens (tertiary/aromatic N) is 1. The summed E-state index contributed by atoms with van der Waals surface area (Å²) in [5, 5.41) is 9.20. The Balaban J connectivity index is 2.83. The Morgan fingerprint density at radius 2 is 2.31 bits per heavy atom. The summed E-state index contributed by atoms with van der Waals surface area (Å²) in [5.74, 6) is 0.0591. The molecule has 0 spiro atoms. The molecule has 5 N–H and O–H groups in total. The molecule has 2 aromatic heterocycles. The maximum Gasteiger partial charge on any atom is 0.261 e. The second-order valence-electron chi connectivity index (χ2n) is 2.67. The smallest absolute Gasteiger partial charge is 0.261 e. The number of aliphatic hydroxyl groups is 1. The monoisotopic (exact) mass is 180 g/mol. The number of nitrogens with two attached hydrogens (primary N) is 1. The number of H-pyrrole nitrogens is 2. The summed E-state index contributed by atoms with van der Waals surface area (Å²) < 4.78 is 0. The highest BCUT2D eigenvalue weighted by Crippen LogP contribution is 2.08. The molecule has 0 aliphatic heterocycles. The molecule has 13 heavy (non-hydrogen) atoms. The van der Waals surface area contributed by atoms with Gasteiger partial charge in [0.15, 0.2) is 0 Å². The standard InChI is InChI=1S/C7H8N4O2/c8-7-10-5-4(6(13)11-7)1-3(2-12)9-5/h1,12H,2H2,(H4,8,9,10,11,13). The highest BCUT2D eigenvalue weighted by Gasteiger charge is 2.05. The zero-order valence-electron chi connectivity index (χ0n) is 6.66. The average Bonchev–Trinajstić information content (AvgIpc) is 2.47. The van der Waals surface area contributed by atoms with Crippen molar-refractivity contribution in [2.75, 3.05) is 5.73 Å². The van der Waals surface area contributed by atoms with Crippen LogP contribution in [0.25, 0.3) is 11.0 Å². The largest absolute Gasteiger partial charge is 0.390 e. The van der Waals surface area contributed by atoms with E-state index < -0.39 is 0 Å². The first-order valence-electron chi connectivity index (χ1n) is 3.69. The zero-order chi connectivity index (χ0) is 9.42. The third-order valence-electron chi connectivity index (χ3n) is 1.74. The van der Waals surface area contributed by atoms with Crippen LogP contribution in [-0.2, 0) is 6.61 Å². The van der Waals surface area contributed by atoms with Gasteiger partial charge in [-0.3, -0.25) is 9.78 Å². The van der Waals surface area contributed by atoms with E-state index in [2.05, 4.69) is 15.0 Å². The Morgan fingerprint density at radius 3 is 3.00 bits per heavy atom. The molecule has 0 unspecified atom stereocenters. The van der Waals surface area contributed by atoms with Crippen molar-refractivity contribution >= 4 is 17.0 Å². The summed E-state index contributed by atoms with van der Waals surface area (Å²) in [7, 11) is 0. The Bertz CT molecular complexity index is 499. The molecule has 0 aliphatic rings. The normalized spacial score (nSPS) is 10.8. The van der Waals surface area contributed by atoms with Crippen LogP contribution in [-0.4, -0.2) is 20.1 Å². The lowest BCUT2D eigenvalue weighted by atomic mass is 10.4. The van der Waals surface area contributed by atoms with E-state index >= 15 is 0 Å². The van der Waals surface area contributed by atoms with Crippen LogP contribution in [0.15, 0.2) is 10.9 Å². The number of hydrogen-bond acceptors (Lipinski definition) is 4. The second kappa shape index (κ2) is 2.60. The van der Waals surface area contributed by atoms with Gasteiger partial charge in [-0.05, 0) is 6.07 Å². The Morgan fingerprint density at radius 1 is 1.54 bits per heavy atom. The van der Waals surface area contributed by atoms with E-state index in [0.717, 1.165) is 0 Å². The molecule has 0 bridgehead atoms. The number of nitrogens with one attached hydrogen (secondary N) is 2. The minimum Gasteiger partial charge on any atom is -0.390 e. The van der Waals surface area contributed by atoms with Crippen LogP contribution >= 0.6 is 0 Å². The second-order valence-corrected chi connectivity index (χ2v) is 2.67. The molecule has 68 valence electrons. The third kappa shape index (κ3) is 1.17. The number of fused-ring (bicyclic) bond motifs is 1. The molecule has 6 heteroatoms. The van der Waals surface area contributed by atoms with Gasteiger partial charge < -0.3 is 15.8 Å². The first-order chi connectivity index (χ1) is 6.20. The number of rotatable bonds is 1. The fourth-order valence-corrected chi connectivity index (χ4v) is 1.18. The first kappa shape index (κ1) is 7.81. The predicted molar refractivity (Wildman–Crippen MR) is 47.0 cm³/mol. The van der Waals surface area contributed by atoms with Crippen molar-refractivity contribution in [2.24, 2.45) is 0 Å². The molecule has 2 rings (SSSR count). The van der Waals surface area contributed by atoms with E-state index in [0.29, 0.717) is 16.7 Å². The van der Waals surface area contributed by atoms with Crippen molar-refractivity contribution in [3.8, 4) is 0 Å². The van der Waals surface area contributed by atoms with E-state index in [-0.39, 0.29) is 18.1 Å². The van der Waals surface area contributed by atoms with E-state index in [1.807, 2.05) is 0 Å². The molecule has 0 saturated heterocycles. The topological polar surface area (TPSA) is 108 Å². The fourth-order valence-electron chi connectivity index (χ4n) is 1.18. The first-order valence-corrected chi connectivity index (χ1v) is 3.69. The van der Waals surface area contributed by atoms with Crippen LogP contribution in [0.4, 0.5) is 5.95 Å². The zero-order valence-corrected chi connectivity index (χ0v) is 6.66. The summed E-state index contributed by atoms with van der Waals surface area (Å²) >= 11 is 0. The lowest BCUT2D eigenvalue weighted by molar-refractivity contribution is 0.278. The highest BCUT2D eigenvalue weighted by molar-refractivity contribution is 5.76. The Labute approximate surface area is 72.4 Å². The summed E-state index contributed by atoms with van der Waals surface area (Å²) in [5.41, 5.74) is 5.95. The minimum atomic E-state index is -0.307. The van der Waals surface area contributed by atoms with E-state index in [9.17, 15) is 4.79 Å². The van der Waals surface area contributed by atoms with Crippen LogP contribution in [0.2, 0.25) is 0 Å². The quantitative estimate of drug-likeness (QED) is 0.466. The van der Waals surface area contributed by atoms with Gasteiger partial charge in [0, 0.05) is 5.69 Å². The van der Waals surface area contributed by atoms with Gasteiger partial charge >= 0.3 is 0 Å². The number of nitrogen functional groups attached to an aromatic ring is 1. The van der Waals surface area contributed by atoms with Crippen molar-refractivity contribution in [1.29, 1.82) is 0 Å². The molecule has 0 fully saturated rings. The van der Waals surface area contributed by atoms with Crippen LogP contribution in [0.1, 0.15) is 5.69 Å². The van der Waals surface area contributed by atoms with Gasteiger partial charge in [0.25, 0.3) is 5.56 Å². The van der Waals surface area contributed by atoms with E-state index in [4.69, 9.17) is 10.8 Å².